The lowest BCUT2D eigenvalue weighted by atomic mass is 9.99. The number of benzene rings is 2. The number of carbonyl (C=O) groups excluding carboxylic acids is 3. The minimum absolute atomic E-state index is 0.0776. The van der Waals surface area contributed by atoms with E-state index in [9.17, 15) is 14.4 Å². The molecule has 2 aromatic rings. The standard InChI is InChI=1S/C24H29NO5/c1-3-29-23(27)21(22(26)24(28)30-4-2)15-16-25(17-19-11-7-5-8-12-19)18-20-13-9-6-10-14-20/h5-14,21H,3-4,15-18H2,1-2H3. The van der Waals surface area contributed by atoms with E-state index in [0.29, 0.717) is 19.6 Å². The van der Waals surface area contributed by atoms with Crippen LogP contribution in [0.1, 0.15) is 31.4 Å². The maximum Gasteiger partial charge on any atom is 0.375 e. The average Bonchev–Trinajstić information content (AvgIpc) is 2.75. The maximum absolute atomic E-state index is 12.5. The molecule has 6 heteroatoms. The van der Waals surface area contributed by atoms with Crippen molar-refractivity contribution in [3.05, 3.63) is 71.8 Å². The number of esters is 2. The molecule has 0 aliphatic carbocycles. The van der Waals surface area contributed by atoms with E-state index >= 15 is 0 Å². The van der Waals surface area contributed by atoms with Crippen LogP contribution in [0.25, 0.3) is 0 Å². The third-order valence-corrected chi connectivity index (χ3v) is 4.60. The highest BCUT2D eigenvalue weighted by molar-refractivity contribution is 6.37. The number of rotatable bonds is 12. The number of nitrogens with zero attached hydrogens (tertiary/aromatic N) is 1. The van der Waals surface area contributed by atoms with Gasteiger partial charge < -0.3 is 9.47 Å². The molecule has 1 atom stereocenters. The Bertz CT molecular complexity index is 765. The molecule has 0 spiro atoms. The molecule has 0 saturated heterocycles. The largest absolute Gasteiger partial charge is 0.465 e. The van der Waals surface area contributed by atoms with Crippen LogP contribution in [-0.4, -0.2) is 42.4 Å². The molecule has 0 bridgehead atoms. The summed E-state index contributed by atoms with van der Waals surface area (Å²) >= 11 is 0. The molecule has 160 valence electrons. The highest BCUT2D eigenvalue weighted by atomic mass is 16.5. The summed E-state index contributed by atoms with van der Waals surface area (Å²) in [6.45, 7) is 5.25. The van der Waals surface area contributed by atoms with E-state index in [1.807, 2.05) is 60.7 Å². The van der Waals surface area contributed by atoms with Crippen LogP contribution in [0.5, 0.6) is 0 Å². The van der Waals surface area contributed by atoms with Gasteiger partial charge >= 0.3 is 11.9 Å². The van der Waals surface area contributed by atoms with Gasteiger partial charge in [0.15, 0.2) is 0 Å². The highest BCUT2D eigenvalue weighted by Crippen LogP contribution is 2.15. The van der Waals surface area contributed by atoms with Gasteiger partial charge in [-0.3, -0.25) is 14.5 Å². The summed E-state index contributed by atoms with van der Waals surface area (Å²) in [5, 5.41) is 0. The second kappa shape index (κ2) is 12.5. The van der Waals surface area contributed by atoms with Crippen molar-refractivity contribution in [1.82, 2.24) is 4.90 Å². The minimum Gasteiger partial charge on any atom is -0.465 e. The smallest absolute Gasteiger partial charge is 0.375 e. The first-order chi connectivity index (χ1) is 14.5. The zero-order valence-corrected chi connectivity index (χ0v) is 17.6. The van der Waals surface area contributed by atoms with Crippen molar-refractivity contribution in [1.29, 1.82) is 0 Å². The van der Waals surface area contributed by atoms with Crippen molar-refractivity contribution >= 4 is 17.7 Å². The summed E-state index contributed by atoms with van der Waals surface area (Å²) in [7, 11) is 0. The summed E-state index contributed by atoms with van der Waals surface area (Å²) in [4.78, 5) is 38.9. The Morgan fingerprint density at radius 1 is 0.800 bits per heavy atom. The molecule has 1 unspecified atom stereocenters. The summed E-state index contributed by atoms with van der Waals surface area (Å²) < 4.78 is 9.84. The van der Waals surface area contributed by atoms with Gasteiger partial charge in [-0.25, -0.2) is 4.79 Å². The summed E-state index contributed by atoms with van der Waals surface area (Å²) in [6, 6.07) is 19.9. The molecule has 0 aromatic heterocycles. The molecular weight excluding hydrogens is 382 g/mol. The van der Waals surface area contributed by atoms with Crippen molar-refractivity contribution in [2.45, 2.75) is 33.4 Å². The zero-order valence-electron chi connectivity index (χ0n) is 17.6. The van der Waals surface area contributed by atoms with Gasteiger partial charge in [0.1, 0.15) is 5.92 Å². The monoisotopic (exact) mass is 411 g/mol. The number of carbonyl (C=O) groups is 3. The molecular formula is C24H29NO5. The van der Waals surface area contributed by atoms with Crippen LogP contribution in [0.4, 0.5) is 0 Å². The second-order valence-electron chi connectivity index (χ2n) is 6.86. The van der Waals surface area contributed by atoms with Crippen molar-refractivity contribution in [2.75, 3.05) is 19.8 Å². The second-order valence-corrected chi connectivity index (χ2v) is 6.86. The van der Waals surface area contributed by atoms with Crippen LogP contribution < -0.4 is 0 Å². The Labute approximate surface area is 177 Å². The zero-order chi connectivity index (χ0) is 21.8. The van der Waals surface area contributed by atoms with E-state index < -0.39 is 23.6 Å². The first kappa shape index (κ1) is 23.3. The third kappa shape index (κ3) is 7.44. The van der Waals surface area contributed by atoms with Gasteiger partial charge in [-0.1, -0.05) is 60.7 Å². The lowest BCUT2D eigenvalue weighted by Gasteiger charge is -2.24. The fraction of sp³-hybridized carbons (Fsp3) is 0.375. The van der Waals surface area contributed by atoms with Crippen LogP contribution >= 0.6 is 0 Å². The first-order valence-electron chi connectivity index (χ1n) is 10.2. The Hall–Kier alpha value is -2.99. The summed E-state index contributed by atoms with van der Waals surface area (Å²) in [5.41, 5.74) is 2.25. The fourth-order valence-corrected chi connectivity index (χ4v) is 3.15. The minimum atomic E-state index is -1.17. The van der Waals surface area contributed by atoms with E-state index in [1.54, 1.807) is 13.8 Å². The molecule has 0 amide bonds. The quantitative estimate of drug-likeness (QED) is 0.303. The predicted octanol–water partition coefficient (Wildman–Crippen LogP) is 3.39. The normalized spacial score (nSPS) is 11.7. The van der Waals surface area contributed by atoms with E-state index in [2.05, 4.69) is 4.90 Å². The number of ketones is 1. The van der Waals surface area contributed by atoms with Crippen molar-refractivity contribution in [2.24, 2.45) is 5.92 Å². The molecule has 0 N–H and O–H groups in total. The molecule has 0 aliphatic heterocycles. The molecule has 2 aromatic carbocycles. The van der Waals surface area contributed by atoms with E-state index in [-0.39, 0.29) is 19.6 Å². The fourth-order valence-electron chi connectivity index (χ4n) is 3.15. The molecule has 0 saturated carbocycles. The third-order valence-electron chi connectivity index (χ3n) is 4.60. The number of hydrogen-bond donors (Lipinski definition) is 0. The molecule has 6 nitrogen and oxygen atoms in total. The molecule has 0 radical (unpaired) electrons. The van der Waals surface area contributed by atoms with Gasteiger partial charge in [-0.15, -0.1) is 0 Å². The van der Waals surface area contributed by atoms with Gasteiger partial charge in [-0.05, 0) is 31.4 Å². The predicted molar refractivity (Wildman–Crippen MR) is 113 cm³/mol. The topological polar surface area (TPSA) is 72.9 Å². The molecule has 0 fully saturated rings. The van der Waals surface area contributed by atoms with Gasteiger partial charge in [0.2, 0.25) is 0 Å². The van der Waals surface area contributed by atoms with Crippen LogP contribution in [0.3, 0.4) is 0 Å². The summed E-state index contributed by atoms with van der Waals surface area (Å²) in [6.07, 6.45) is 0.177. The van der Waals surface area contributed by atoms with Crippen LogP contribution in [0, 0.1) is 5.92 Å². The first-order valence-corrected chi connectivity index (χ1v) is 10.2. The van der Waals surface area contributed by atoms with Crippen LogP contribution in [0.2, 0.25) is 0 Å². The maximum atomic E-state index is 12.5. The Morgan fingerprint density at radius 2 is 1.30 bits per heavy atom. The van der Waals surface area contributed by atoms with Crippen LogP contribution in [-0.2, 0) is 36.9 Å². The van der Waals surface area contributed by atoms with E-state index in [1.165, 1.54) is 0 Å². The highest BCUT2D eigenvalue weighted by Gasteiger charge is 2.34. The van der Waals surface area contributed by atoms with Gasteiger partial charge in [0.05, 0.1) is 13.2 Å². The molecule has 30 heavy (non-hydrogen) atoms. The average molecular weight is 411 g/mol. The SMILES string of the molecule is CCOC(=O)C(=O)C(CCN(Cc1ccccc1)Cc1ccccc1)C(=O)OCC. The van der Waals surface area contributed by atoms with Crippen LogP contribution in [0.15, 0.2) is 60.7 Å². The Kier molecular flexibility index (Phi) is 9.74. The molecule has 0 aliphatic rings. The molecule has 2 rings (SSSR count). The number of hydrogen-bond acceptors (Lipinski definition) is 6. The van der Waals surface area contributed by atoms with Crippen molar-refractivity contribution in [3.8, 4) is 0 Å². The van der Waals surface area contributed by atoms with Crippen molar-refractivity contribution in [3.63, 3.8) is 0 Å². The van der Waals surface area contributed by atoms with E-state index in [0.717, 1.165) is 11.1 Å². The Morgan fingerprint density at radius 3 is 1.77 bits per heavy atom. The molecule has 0 heterocycles. The summed E-state index contributed by atoms with van der Waals surface area (Å²) in [5.74, 6) is -3.70. The van der Waals surface area contributed by atoms with E-state index in [4.69, 9.17) is 9.47 Å². The van der Waals surface area contributed by atoms with Gasteiger partial charge in [0.25, 0.3) is 5.78 Å². The van der Waals surface area contributed by atoms with Crippen molar-refractivity contribution < 1.29 is 23.9 Å². The Balaban J connectivity index is 2.14. The number of Topliss-reactive ketones (excluding diaryl/α,β-unsaturated/α-hetero) is 1. The lowest BCUT2D eigenvalue weighted by molar-refractivity contribution is -0.162. The number of ether oxygens (including phenoxy) is 2. The lowest BCUT2D eigenvalue weighted by Crippen LogP contribution is -2.36. The van der Waals surface area contributed by atoms with Gasteiger partial charge in [0, 0.05) is 19.6 Å². The van der Waals surface area contributed by atoms with Gasteiger partial charge in [-0.2, -0.15) is 0 Å².